The van der Waals surface area contributed by atoms with Gasteiger partial charge in [0.2, 0.25) is 0 Å². The van der Waals surface area contributed by atoms with Gasteiger partial charge in [0.25, 0.3) is 0 Å². The first-order chi connectivity index (χ1) is 12.7. The van der Waals surface area contributed by atoms with Crippen LogP contribution in [0.1, 0.15) is 5.56 Å². The van der Waals surface area contributed by atoms with Gasteiger partial charge in [-0.3, -0.25) is 4.90 Å². The number of aryl methyl sites for hydroxylation is 1. The van der Waals surface area contributed by atoms with Crippen LogP contribution in [0.3, 0.4) is 0 Å². The van der Waals surface area contributed by atoms with Crippen molar-refractivity contribution in [3.63, 3.8) is 0 Å². The SMILES string of the molecule is COc1ccccc1N1CCN(CC(O)COc2ccc(C)cc2)CC1.Cl.Cl. The molecule has 1 aliphatic heterocycles. The highest BCUT2D eigenvalue weighted by Gasteiger charge is 2.21. The van der Waals surface area contributed by atoms with Crippen molar-refractivity contribution in [3.05, 3.63) is 54.1 Å². The van der Waals surface area contributed by atoms with E-state index in [9.17, 15) is 5.11 Å². The zero-order chi connectivity index (χ0) is 18.4. The molecule has 1 N–H and O–H groups in total. The Balaban J connectivity index is 0.00000196. The fourth-order valence-electron chi connectivity index (χ4n) is 3.24. The number of methoxy groups -OCH3 is 1. The van der Waals surface area contributed by atoms with E-state index in [1.54, 1.807) is 7.11 Å². The normalized spacial score (nSPS) is 15.2. The number of anilines is 1. The number of benzene rings is 2. The lowest BCUT2D eigenvalue weighted by atomic mass is 10.2. The molecule has 0 amide bonds. The first kappa shape index (κ1) is 24.4. The van der Waals surface area contributed by atoms with Gasteiger partial charge in [0.1, 0.15) is 24.2 Å². The number of aliphatic hydroxyl groups is 1. The standard InChI is InChI=1S/C21H28N2O3.2ClH/c1-17-7-9-19(10-8-17)26-16-18(24)15-22-11-13-23(14-12-22)20-5-3-4-6-21(20)25-2;;/h3-10,18,24H,11-16H2,1-2H3;2*1H. The molecule has 1 aliphatic rings. The Labute approximate surface area is 180 Å². The lowest BCUT2D eigenvalue weighted by molar-refractivity contribution is 0.0663. The maximum atomic E-state index is 10.3. The zero-order valence-corrected chi connectivity index (χ0v) is 18.0. The van der Waals surface area contributed by atoms with Crippen LogP contribution in [0.25, 0.3) is 0 Å². The zero-order valence-electron chi connectivity index (χ0n) is 16.4. The fourth-order valence-corrected chi connectivity index (χ4v) is 3.24. The average Bonchev–Trinajstić information content (AvgIpc) is 2.68. The minimum atomic E-state index is -0.492. The van der Waals surface area contributed by atoms with Crippen molar-refractivity contribution in [2.75, 3.05) is 51.3 Å². The number of hydrogen-bond acceptors (Lipinski definition) is 5. The topological polar surface area (TPSA) is 45.2 Å². The molecule has 1 atom stereocenters. The van der Waals surface area contributed by atoms with Gasteiger partial charge in [-0.1, -0.05) is 29.8 Å². The molecule has 156 valence electrons. The van der Waals surface area contributed by atoms with Crippen LogP contribution in [0.5, 0.6) is 11.5 Å². The maximum Gasteiger partial charge on any atom is 0.142 e. The second-order valence-corrected chi connectivity index (χ2v) is 6.74. The molecule has 0 radical (unpaired) electrons. The van der Waals surface area contributed by atoms with Crippen molar-refractivity contribution < 1.29 is 14.6 Å². The average molecular weight is 429 g/mol. The van der Waals surface area contributed by atoms with Crippen LogP contribution in [-0.2, 0) is 0 Å². The van der Waals surface area contributed by atoms with Crippen molar-refractivity contribution in [1.29, 1.82) is 0 Å². The molecule has 0 spiro atoms. The van der Waals surface area contributed by atoms with Gasteiger partial charge < -0.3 is 19.5 Å². The number of nitrogens with zero attached hydrogens (tertiary/aromatic N) is 2. The molecule has 0 bridgehead atoms. The van der Waals surface area contributed by atoms with Crippen LogP contribution < -0.4 is 14.4 Å². The van der Waals surface area contributed by atoms with Crippen molar-refractivity contribution in [3.8, 4) is 11.5 Å². The van der Waals surface area contributed by atoms with Gasteiger partial charge in [0, 0.05) is 32.7 Å². The molecule has 0 aliphatic carbocycles. The quantitative estimate of drug-likeness (QED) is 0.731. The van der Waals surface area contributed by atoms with Crippen LogP contribution in [0, 0.1) is 6.92 Å². The van der Waals surface area contributed by atoms with E-state index in [0.717, 1.165) is 43.4 Å². The van der Waals surface area contributed by atoms with Gasteiger partial charge in [0.15, 0.2) is 0 Å². The molecule has 0 saturated carbocycles. The Hall–Kier alpha value is -1.66. The molecule has 1 fully saturated rings. The van der Waals surface area contributed by atoms with E-state index in [1.165, 1.54) is 5.56 Å². The monoisotopic (exact) mass is 428 g/mol. The number of para-hydroxylation sites is 2. The number of β-amino-alcohol motifs (C(OH)–C–C–N with tert-alkyl or cyclic N) is 1. The third kappa shape index (κ3) is 6.74. The smallest absolute Gasteiger partial charge is 0.142 e. The summed E-state index contributed by atoms with van der Waals surface area (Å²) in [6.45, 7) is 6.67. The van der Waals surface area contributed by atoms with Crippen LogP contribution >= 0.6 is 24.8 Å². The number of ether oxygens (including phenoxy) is 2. The summed E-state index contributed by atoms with van der Waals surface area (Å²) in [7, 11) is 1.71. The van der Waals surface area contributed by atoms with Gasteiger partial charge in [-0.2, -0.15) is 0 Å². The number of halogens is 2. The second-order valence-electron chi connectivity index (χ2n) is 6.74. The molecule has 7 heteroatoms. The van der Waals surface area contributed by atoms with E-state index in [0.29, 0.717) is 13.2 Å². The fraction of sp³-hybridized carbons (Fsp3) is 0.429. The van der Waals surface area contributed by atoms with Crippen molar-refractivity contribution >= 4 is 30.5 Å². The highest BCUT2D eigenvalue weighted by atomic mass is 35.5. The van der Waals surface area contributed by atoms with Crippen LogP contribution in [0.2, 0.25) is 0 Å². The summed E-state index contributed by atoms with van der Waals surface area (Å²) in [5, 5.41) is 10.3. The van der Waals surface area contributed by atoms with E-state index in [-0.39, 0.29) is 24.8 Å². The van der Waals surface area contributed by atoms with Gasteiger partial charge in [-0.25, -0.2) is 0 Å². The van der Waals surface area contributed by atoms with Gasteiger partial charge in [0.05, 0.1) is 12.8 Å². The van der Waals surface area contributed by atoms with Gasteiger partial charge >= 0.3 is 0 Å². The molecule has 3 rings (SSSR count). The summed E-state index contributed by atoms with van der Waals surface area (Å²) >= 11 is 0. The summed E-state index contributed by atoms with van der Waals surface area (Å²) < 4.78 is 11.1. The molecule has 5 nitrogen and oxygen atoms in total. The second kappa shape index (κ2) is 12.0. The maximum absolute atomic E-state index is 10.3. The number of hydrogen-bond donors (Lipinski definition) is 1. The summed E-state index contributed by atoms with van der Waals surface area (Å²) in [4.78, 5) is 4.62. The predicted octanol–water partition coefficient (Wildman–Crippen LogP) is 3.41. The first-order valence-corrected chi connectivity index (χ1v) is 9.13. The lowest BCUT2D eigenvalue weighted by Gasteiger charge is -2.37. The van der Waals surface area contributed by atoms with Crippen molar-refractivity contribution in [2.45, 2.75) is 13.0 Å². The van der Waals surface area contributed by atoms with Crippen LogP contribution in [0.4, 0.5) is 5.69 Å². The third-order valence-corrected chi connectivity index (χ3v) is 4.73. The van der Waals surface area contributed by atoms with E-state index in [2.05, 4.69) is 15.9 Å². The molecule has 28 heavy (non-hydrogen) atoms. The Morgan fingerprint density at radius 1 is 0.964 bits per heavy atom. The largest absolute Gasteiger partial charge is 0.495 e. The van der Waals surface area contributed by atoms with Gasteiger partial charge in [-0.15, -0.1) is 24.8 Å². The molecule has 1 heterocycles. The number of piperazine rings is 1. The molecule has 1 unspecified atom stereocenters. The van der Waals surface area contributed by atoms with E-state index in [1.807, 2.05) is 49.4 Å². The molecule has 1 saturated heterocycles. The minimum absolute atomic E-state index is 0. The third-order valence-electron chi connectivity index (χ3n) is 4.73. The molecule has 2 aromatic rings. The minimum Gasteiger partial charge on any atom is -0.495 e. The summed E-state index contributed by atoms with van der Waals surface area (Å²) in [5.74, 6) is 1.71. The Kier molecular flexibility index (Phi) is 10.5. The van der Waals surface area contributed by atoms with Gasteiger partial charge in [-0.05, 0) is 31.2 Å². The van der Waals surface area contributed by atoms with Crippen LogP contribution in [-0.4, -0.2) is 62.6 Å². The summed E-state index contributed by atoms with van der Waals surface area (Å²) in [5.41, 5.74) is 2.34. The molecular formula is C21H30Cl2N2O3. The lowest BCUT2D eigenvalue weighted by Crippen LogP contribution is -2.49. The Morgan fingerprint density at radius 3 is 2.25 bits per heavy atom. The van der Waals surface area contributed by atoms with Crippen molar-refractivity contribution in [1.82, 2.24) is 4.90 Å². The first-order valence-electron chi connectivity index (χ1n) is 9.13. The summed E-state index contributed by atoms with van der Waals surface area (Å²) in [6.07, 6.45) is -0.492. The Bertz CT molecular complexity index is 692. The van der Waals surface area contributed by atoms with E-state index >= 15 is 0 Å². The van der Waals surface area contributed by atoms with E-state index < -0.39 is 6.10 Å². The number of rotatable bonds is 7. The number of aliphatic hydroxyl groups excluding tert-OH is 1. The molecular weight excluding hydrogens is 399 g/mol. The van der Waals surface area contributed by atoms with E-state index in [4.69, 9.17) is 9.47 Å². The summed E-state index contributed by atoms with van der Waals surface area (Å²) in [6, 6.07) is 16.0. The highest BCUT2D eigenvalue weighted by molar-refractivity contribution is 5.85. The van der Waals surface area contributed by atoms with Crippen LogP contribution in [0.15, 0.2) is 48.5 Å². The van der Waals surface area contributed by atoms with Crippen molar-refractivity contribution in [2.24, 2.45) is 0 Å². The predicted molar refractivity (Wildman–Crippen MR) is 119 cm³/mol. The molecule has 0 aromatic heterocycles. The molecule has 2 aromatic carbocycles. The Morgan fingerprint density at radius 2 is 1.61 bits per heavy atom. The highest BCUT2D eigenvalue weighted by Crippen LogP contribution is 2.28.